The quantitative estimate of drug-likeness (QED) is 0.416. The van der Waals surface area contributed by atoms with Gasteiger partial charge in [-0.25, -0.2) is 0 Å². The highest BCUT2D eigenvalue weighted by Gasteiger charge is 2.01. The average molecular weight is 207 g/mol. The van der Waals surface area contributed by atoms with Crippen LogP contribution in [0.15, 0.2) is 0 Å². The van der Waals surface area contributed by atoms with Crippen LogP contribution in [-0.4, -0.2) is 10.2 Å². The van der Waals surface area contributed by atoms with E-state index in [0.29, 0.717) is 0 Å². The molecule has 0 heterocycles. The minimum absolute atomic E-state index is 0. The van der Waals surface area contributed by atoms with Gasteiger partial charge in [0.15, 0.2) is 0 Å². The lowest BCUT2D eigenvalue weighted by molar-refractivity contribution is 0.571. The minimum Gasteiger partial charge on any atom is -0.114 e. The Labute approximate surface area is 71.6 Å². The summed E-state index contributed by atoms with van der Waals surface area (Å²) in [4.78, 5) is 0. The summed E-state index contributed by atoms with van der Waals surface area (Å²) in [5.74, 6) is 6.26. The number of rotatable bonds is 0. The topological polar surface area (TPSA) is 0 Å². The predicted molar refractivity (Wildman–Crippen MR) is 52.3 cm³/mol. The Morgan fingerprint density at radius 2 is 1.78 bits per heavy atom. The van der Waals surface area contributed by atoms with Crippen LogP contribution >= 0.6 is 17.0 Å². The Bertz CT molecular complexity index is 113. The largest absolute Gasteiger partial charge is 0.114 e. The molecule has 0 fully saturated rings. The summed E-state index contributed by atoms with van der Waals surface area (Å²) in [6, 6.07) is 1.11. The van der Waals surface area contributed by atoms with Crippen LogP contribution in [0.2, 0.25) is 6.04 Å². The lowest BCUT2D eigenvalue weighted by atomic mass is 9.98. The van der Waals surface area contributed by atoms with Crippen LogP contribution in [0.3, 0.4) is 0 Å². The van der Waals surface area contributed by atoms with Crippen molar-refractivity contribution in [2.24, 2.45) is 5.41 Å². The van der Waals surface area contributed by atoms with Crippen LogP contribution in [0.25, 0.3) is 0 Å². The zero-order chi connectivity index (χ0) is 6.62. The van der Waals surface area contributed by atoms with Crippen molar-refractivity contribution in [3.05, 3.63) is 0 Å². The number of hydrogen-bond acceptors (Lipinski definition) is 0. The molecule has 2 heteroatoms. The van der Waals surface area contributed by atoms with Gasteiger partial charge in [0.25, 0.3) is 0 Å². The Morgan fingerprint density at radius 1 is 1.33 bits per heavy atom. The van der Waals surface area contributed by atoms with E-state index in [-0.39, 0.29) is 22.4 Å². The third-order valence-corrected chi connectivity index (χ3v) is 0.994. The van der Waals surface area contributed by atoms with E-state index in [4.69, 9.17) is 0 Å². The highest BCUT2D eigenvalue weighted by Crippen LogP contribution is 2.09. The van der Waals surface area contributed by atoms with E-state index in [2.05, 4.69) is 32.6 Å². The van der Waals surface area contributed by atoms with E-state index in [1.54, 1.807) is 0 Å². The second kappa shape index (κ2) is 5.07. The minimum atomic E-state index is 0. The van der Waals surface area contributed by atoms with Gasteiger partial charge in [-0.05, 0) is 26.8 Å². The lowest BCUT2D eigenvalue weighted by Crippen LogP contribution is -1.98. The maximum Gasteiger partial charge on any atom is 0.0230 e. The fourth-order valence-corrected chi connectivity index (χ4v) is 0.530. The van der Waals surface area contributed by atoms with Gasteiger partial charge in [0, 0.05) is 15.7 Å². The summed E-state index contributed by atoms with van der Waals surface area (Å²) in [6.07, 6.45) is 0. The standard InChI is InChI=1S/C7H14Si.BrH/c1-7(2,3)5-4-6-8;/h6H2,1-3,8H3;1H. The molecule has 54 valence electrons. The van der Waals surface area contributed by atoms with Crippen molar-refractivity contribution in [2.75, 3.05) is 0 Å². The smallest absolute Gasteiger partial charge is 0.0230 e. The molecule has 0 nitrogen and oxygen atoms in total. The molecule has 0 saturated carbocycles. The van der Waals surface area contributed by atoms with E-state index >= 15 is 0 Å². The van der Waals surface area contributed by atoms with Gasteiger partial charge in [-0.3, -0.25) is 0 Å². The molecule has 0 rings (SSSR count). The molecular weight excluding hydrogens is 192 g/mol. The highest BCUT2D eigenvalue weighted by molar-refractivity contribution is 8.93. The summed E-state index contributed by atoms with van der Waals surface area (Å²) < 4.78 is 0. The summed E-state index contributed by atoms with van der Waals surface area (Å²) in [5.41, 5.74) is 0.213. The predicted octanol–water partition coefficient (Wildman–Crippen LogP) is 1.40. The van der Waals surface area contributed by atoms with E-state index in [1.807, 2.05) is 0 Å². The van der Waals surface area contributed by atoms with Crippen LogP contribution < -0.4 is 0 Å². The van der Waals surface area contributed by atoms with Gasteiger partial charge in [-0.1, -0.05) is 5.92 Å². The molecule has 0 unspecified atom stereocenters. The SMILES string of the molecule is Br.CC(C)(C)C#CC[SiH3]. The first-order valence-electron chi connectivity index (χ1n) is 3.06. The molecule has 0 aliphatic rings. The molecule has 0 radical (unpaired) electrons. The molecule has 0 aromatic carbocycles. The summed E-state index contributed by atoms with van der Waals surface area (Å²) in [5, 5.41) is 0. The van der Waals surface area contributed by atoms with Crippen molar-refractivity contribution in [3.63, 3.8) is 0 Å². The molecule has 0 N–H and O–H groups in total. The summed E-state index contributed by atoms with van der Waals surface area (Å²) >= 11 is 0. The highest BCUT2D eigenvalue weighted by atomic mass is 79.9. The van der Waals surface area contributed by atoms with Gasteiger partial charge in [-0.15, -0.1) is 22.9 Å². The van der Waals surface area contributed by atoms with E-state index in [9.17, 15) is 0 Å². The molecule has 0 aromatic heterocycles. The van der Waals surface area contributed by atoms with E-state index in [1.165, 1.54) is 10.2 Å². The van der Waals surface area contributed by atoms with Crippen LogP contribution in [0.5, 0.6) is 0 Å². The van der Waals surface area contributed by atoms with Gasteiger partial charge >= 0.3 is 0 Å². The Balaban J connectivity index is 0. The zero-order valence-electron chi connectivity index (χ0n) is 6.62. The molecule has 0 aromatic rings. The van der Waals surface area contributed by atoms with Gasteiger partial charge in [0.1, 0.15) is 0 Å². The van der Waals surface area contributed by atoms with Crippen molar-refractivity contribution in [2.45, 2.75) is 26.8 Å². The second-order valence-electron chi connectivity index (χ2n) is 2.91. The lowest BCUT2D eigenvalue weighted by Gasteiger charge is -2.06. The fraction of sp³-hybridized carbons (Fsp3) is 0.714. The molecule has 0 aliphatic carbocycles. The van der Waals surface area contributed by atoms with Crippen LogP contribution in [0.4, 0.5) is 0 Å². The number of halogens is 1. The molecule has 0 aliphatic heterocycles. The summed E-state index contributed by atoms with van der Waals surface area (Å²) in [6.45, 7) is 6.41. The third-order valence-electron chi connectivity index (χ3n) is 0.640. The van der Waals surface area contributed by atoms with E-state index < -0.39 is 0 Å². The molecule has 0 spiro atoms. The molecule has 0 saturated heterocycles. The molecule has 9 heavy (non-hydrogen) atoms. The van der Waals surface area contributed by atoms with Crippen molar-refractivity contribution < 1.29 is 0 Å². The van der Waals surface area contributed by atoms with Gasteiger partial charge < -0.3 is 0 Å². The first kappa shape index (κ1) is 12.0. The maximum absolute atomic E-state index is 3.16. The molecule has 0 bridgehead atoms. The third kappa shape index (κ3) is 11.7. The van der Waals surface area contributed by atoms with Gasteiger partial charge in [0.2, 0.25) is 0 Å². The Kier molecular flexibility index (Phi) is 6.76. The van der Waals surface area contributed by atoms with Gasteiger partial charge in [-0.2, -0.15) is 0 Å². The first-order valence-corrected chi connectivity index (χ1v) is 4.47. The molecule has 0 atom stereocenters. The molecular formula is C7H15BrSi. The van der Waals surface area contributed by atoms with Crippen molar-refractivity contribution in [1.82, 2.24) is 0 Å². The second-order valence-corrected chi connectivity index (χ2v) is 3.61. The summed E-state index contributed by atoms with van der Waals surface area (Å²) in [7, 11) is 1.21. The Hall–Kier alpha value is 0.257. The average Bonchev–Trinajstić information content (AvgIpc) is 1.59. The van der Waals surface area contributed by atoms with Crippen LogP contribution in [0.1, 0.15) is 20.8 Å². The number of hydrogen-bond donors (Lipinski definition) is 0. The van der Waals surface area contributed by atoms with Crippen molar-refractivity contribution >= 4 is 27.2 Å². The Morgan fingerprint density at radius 3 is 1.89 bits per heavy atom. The van der Waals surface area contributed by atoms with Crippen LogP contribution in [-0.2, 0) is 0 Å². The first-order chi connectivity index (χ1) is 3.56. The monoisotopic (exact) mass is 206 g/mol. The maximum atomic E-state index is 3.16. The zero-order valence-corrected chi connectivity index (χ0v) is 10.3. The van der Waals surface area contributed by atoms with Crippen LogP contribution in [0, 0.1) is 17.3 Å². The molecule has 0 amide bonds. The van der Waals surface area contributed by atoms with E-state index in [0.717, 1.165) is 6.04 Å². The normalized spacial score (nSPS) is 9.22. The van der Waals surface area contributed by atoms with Gasteiger partial charge in [0.05, 0.1) is 0 Å². The van der Waals surface area contributed by atoms with Crippen molar-refractivity contribution in [3.8, 4) is 11.8 Å². The fourth-order valence-electron chi connectivity index (χ4n) is 0.354. The van der Waals surface area contributed by atoms with Crippen molar-refractivity contribution in [1.29, 1.82) is 0 Å².